The standard InChI is InChI=1S/C17H21N5O3/c1-12(17-20-16(21-25-17)13-6-5-8-18-10-13)19-14(23)11-22-9-4-2-3-7-15(22)24/h5-6,8,10,12H,2-4,7,9,11H2,1H3,(H,19,23). The summed E-state index contributed by atoms with van der Waals surface area (Å²) in [6.45, 7) is 2.46. The van der Waals surface area contributed by atoms with E-state index in [1.807, 2.05) is 6.07 Å². The van der Waals surface area contributed by atoms with Crippen LogP contribution in [0.15, 0.2) is 29.0 Å². The van der Waals surface area contributed by atoms with E-state index in [0.717, 1.165) is 24.8 Å². The van der Waals surface area contributed by atoms with Gasteiger partial charge in [0.2, 0.25) is 23.5 Å². The van der Waals surface area contributed by atoms with Crippen LogP contribution < -0.4 is 5.32 Å². The van der Waals surface area contributed by atoms with Crippen LogP contribution in [0, 0.1) is 0 Å². The molecule has 0 aromatic carbocycles. The zero-order valence-electron chi connectivity index (χ0n) is 14.1. The lowest BCUT2D eigenvalue weighted by molar-refractivity contribution is -0.135. The molecule has 0 radical (unpaired) electrons. The molecule has 8 heteroatoms. The maximum atomic E-state index is 12.2. The molecule has 132 valence electrons. The lowest BCUT2D eigenvalue weighted by Crippen LogP contribution is -2.41. The first-order valence-electron chi connectivity index (χ1n) is 8.44. The molecule has 3 rings (SSSR count). The summed E-state index contributed by atoms with van der Waals surface area (Å²) < 4.78 is 5.23. The van der Waals surface area contributed by atoms with Crippen LogP contribution in [0.25, 0.3) is 11.4 Å². The van der Waals surface area contributed by atoms with Crippen LogP contribution in [0.3, 0.4) is 0 Å². The predicted molar refractivity (Wildman–Crippen MR) is 89.1 cm³/mol. The van der Waals surface area contributed by atoms with E-state index in [4.69, 9.17) is 4.52 Å². The number of carbonyl (C=O) groups excluding carboxylic acids is 2. The number of hydrogen-bond acceptors (Lipinski definition) is 6. The first-order chi connectivity index (χ1) is 12.1. The third-order valence-corrected chi connectivity index (χ3v) is 4.12. The Labute approximate surface area is 145 Å². The highest BCUT2D eigenvalue weighted by Gasteiger charge is 2.22. The topological polar surface area (TPSA) is 101 Å². The van der Waals surface area contributed by atoms with Crippen LogP contribution >= 0.6 is 0 Å². The van der Waals surface area contributed by atoms with Crippen molar-refractivity contribution in [3.63, 3.8) is 0 Å². The molecule has 1 fully saturated rings. The number of rotatable bonds is 5. The third kappa shape index (κ3) is 4.40. The summed E-state index contributed by atoms with van der Waals surface area (Å²) in [4.78, 5) is 34.1. The minimum Gasteiger partial charge on any atom is -0.343 e. The largest absolute Gasteiger partial charge is 0.343 e. The smallest absolute Gasteiger partial charge is 0.249 e. The lowest BCUT2D eigenvalue weighted by Gasteiger charge is -2.20. The van der Waals surface area contributed by atoms with Gasteiger partial charge in [0.25, 0.3) is 0 Å². The van der Waals surface area contributed by atoms with Crippen molar-refractivity contribution >= 4 is 11.8 Å². The first-order valence-corrected chi connectivity index (χ1v) is 8.44. The van der Waals surface area contributed by atoms with Crippen molar-refractivity contribution in [1.82, 2.24) is 25.3 Å². The summed E-state index contributed by atoms with van der Waals surface area (Å²) in [6, 6.07) is 3.18. The molecule has 1 aliphatic heterocycles. The Morgan fingerprint density at radius 3 is 3.08 bits per heavy atom. The Balaban J connectivity index is 1.58. The van der Waals surface area contributed by atoms with Crippen molar-refractivity contribution < 1.29 is 14.1 Å². The fourth-order valence-electron chi connectivity index (χ4n) is 2.75. The van der Waals surface area contributed by atoms with Gasteiger partial charge in [-0.15, -0.1) is 0 Å². The molecule has 8 nitrogen and oxygen atoms in total. The van der Waals surface area contributed by atoms with E-state index in [-0.39, 0.29) is 18.4 Å². The van der Waals surface area contributed by atoms with Crippen LogP contribution in [-0.4, -0.2) is 44.9 Å². The van der Waals surface area contributed by atoms with Crippen molar-refractivity contribution in [3.05, 3.63) is 30.4 Å². The summed E-state index contributed by atoms with van der Waals surface area (Å²) in [7, 11) is 0. The molecule has 0 spiro atoms. The van der Waals surface area contributed by atoms with Gasteiger partial charge in [0, 0.05) is 30.9 Å². The number of amides is 2. The van der Waals surface area contributed by atoms with Crippen molar-refractivity contribution in [2.45, 2.75) is 38.6 Å². The van der Waals surface area contributed by atoms with E-state index < -0.39 is 6.04 Å². The van der Waals surface area contributed by atoms with E-state index in [0.29, 0.717) is 24.7 Å². The summed E-state index contributed by atoms with van der Waals surface area (Å²) >= 11 is 0. The van der Waals surface area contributed by atoms with Gasteiger partial charge in [-0.1, -0.05) is 11.6 Å². The number of likely N-dealkylation sites (tertiary alicyclic amines) is 1. The van der Waals surface area contributed by atoms with E-state index >= 15 is 0 Å². The van der Waals surface area contributed by atoms with Crippen LogP contribution in [0.1, 0.15) is 44.5 Å². The predicted octanol–water partition coefficient (Wildman–Crippen LogP) is 1.71. The van der Waals surface area contributed by atoms with Crippen molar-refractivity contribution in [1.29, 1.82) is 0 Å². The van der Waals surface area contributed by atoms with E-state index in [2.05, 4.69) is 20.4 Å². The molecule has 2 amide bonds. The summed E-state index contributed by atoms with van der Waals surface area (Å²) in [5.41, 5.74) is 0.742. The van der Waals surface area contributed by atoms with Crippen molar-refractivity contribution in [2.24, 2.45) is 0 Å². The normalized spacial score (nSPS) is 16.4. The molecule has 1 aliphatic rings. The molecule has 0 saturated carbocycles. The molecule has 2 aromatic rings. The van der Waals surface area contributed by atoms with Gasteiger partial charge in [-0.3, -0.25) is 14.6 Å². The number of nitrogens with zero attached hydrogens (tertiary/aromatic N) is 4. The first kappa shape index (κ1) is 17.1. The lowest BCUT2D eigenvalue weighted by atomic mass is 10.2. The van der Waals surface area contributed by atoms with Gasteiger partial charge in [-0.25, -0.2) is 0 Å². The summed E-state index contributed by atoms with van der Waals surface area (Å²) in [5, 5.41) is 6.72. The van der Waals surface area contributed by atoms with E-state index in [1.54, 1.807) is 30.3 Å². The van der Waals surface area contributed by atoms with Gasteiger partial charge in [-0.2, -0.15) is 4.98 Å². The fraction of sp³-hybridized carbons (Fsp3) is 0.471. The number of pyridine rings is 1. The van der Waals surface area contributed by atoms with Gasteiger partial charge >= 0.3 is 0 Å². The maximum absolute atomic E-state index is 12.2. The molecule has 3 heterocycles. The number of aromatic nitrogens is 3. The van der Waals surface area contributed by atoms with Crippen molar-refractivity contribution in [2.75, 3.05) is 13.1 Å². The van der Waals surface area contributed by atoms with E-state index in [1.165, 1.54) is 0 Å². The van der Waals surface area contributed by atoms with Crippen molar-refractivity contribution in [3.8, 4) is 11.4 Å². The fourth-order valence-corrected chi connectivity index (χ4v) is 2.75. The van der Waals surface area contributed by atoms with Crippen LogP contribution in [0.4, 0.5) is 0 Å². The quantitative estimate of drug-likeness (QED) is 0.887. The second kappa shape index (κ2) is 7.87. The minimum absolute atomic E-state index is 0.0388. The van der Waals surface area contributed by atoms with Crippen LogP contribution in [0.2, 0.25) is 0 Å². The Morgan fingerprint density at radius 1 is 1.40 bits per heavy atom. The van der Waals surface area contributed by atoms with Gasteiger partial charge in [0.15, 0.2) is 0 Å². The molecular weight excluding hydrogens is 322 g/mol. The number of carbonyl (C=O) groups is 2. The minimum atomic E-state index is -0.437. The van der Waals surface area contributed by atoms with Crippen LogP contribution in [-0.2, 0) is 9.59 Å². The average molecular weight is 343 g/mol. The molecule has 25 heavy (non-hydrogen) atoms. The van der Waals surface area contributed by atoms with E-state index in [9.17, 15) is 9.59 Å². The maximum Gasteiger partial charge on any atom is 0.249 e. The number of hydrogen-bond donors (Lipinski definition) is 1. The summed E-state index contributed by atoms with van der Waals surface area (Å²) in [5.74, 6) is 0.544. The highest BCUT2D eigenvalue weighted by Crippen LogP contribution is 2.17. The molecule has 1 atom stereocenters. The molecule has 1 N–H and O–H groups in total. The SMILES string of the molecule is CC(NC(=O)CN1CCCCCC1=O)c1nc(-c2cccnc2)no1. The molecule has 1 unspecified atom stereocenters. The van der Waals surface area contributed by atoms with Gasteiger partial charge in [0.05, 0.1) is 6.54 Å². The van der Waals surface area contributed by atoms with Gasteiger partial charge in [0.1, 0.15) is 6.04 Å². The number of nitrogens with one attached hydrogen (secondary N) is 1. The molecule has 1 saturated heterocycles. The van der Waals surface area contributed by atoms with Gasteiger partial charge in [-0.05, 0) is 31.9 Å². The summed E-state index contributed by atoms with van der Waals surface area (Å²) in [6.07, 6.45) is 6.68. The Hall–Kier alpha value is -2.77. The zero-order valence-corrected chi connectivity index (χ0v) is 14.1. The van der Waals surface area contributed by atoms with Crippen LogP contribution in [0.5, 0.6) is 0 Å². The second-order valence-electron chi connectivity index (χ2n) is 6.11. The highest BCUT2D eigenvalue weighted by molar-refractivity contribution is 5.85. The molecule has 0 aliphatic carbocycles. The zero-order chi connectivity index (χ0) is 17.6. The molecular formula is C17H21N5O3. The molecule has 0 bridgehead atoms. The monoisotopic (exact) mass is 343 g/mol. The third-order valence-electron chi connectivity index (χ3n) is 4.12. The Kier molecular flexibility index (Phi) is 5.37. The second-order valence-corrected chi connectivity index (χ2v) is 6.11. The van der Waals surface area contributed by atoms with Gasteiger partial charge < -0.3 is 14.7 Å². The Bertz CT molecular complexity index is 731. The Morgan fingerprint density at radius 2 is 2.28 bits per heavy atom. The molecule has 2 aromatic heterocycles. The highest BCUT2D eigenvalue weighted by atomic mass is 16.5. The average Bonchev–Trinajstić information content (AvgIpc) is 3.03.